The lowest BCUT2D eigenvalue weighted by molar-refractivity contribution is 0.340. The van der Waals surface area contributed by atoms with Gasteiger partial charge in [-0.3, -0.25) is 10.3 Å². The lowest BCUT2D eigenvalue weighted by Crippen LogP contribution is -2.33. The Morgan fingerprint density at radius 3 is 2.67 bits per heavy atom. The Balaban J connectivity index is 1.73. The SMILES string of the molecule is CCOc1ccc(C2=NC(c3cccc(F)c3)NC(c3cc(Cl)ccc3O)C2)cc1. The number of aliphatic imine (C=N–C) groups is 1. The molecule has 1 aliphatic heterocycles. The van der Waals surface area contributed by atoms with Gasteiger partial charge in [-0.2, -0.15) is 0 Å². The lowest BCUT2D eigenvalue weighted by atomic mass is 9.93. The highest BCUT2D eigenvalue weighted by Crippen LogP contribution is 2.36. The fourth-order valence-corrected chi connectivity index (χ4v) is 3.82. The number of aromatic hydroxyl groups is 1. The Bertz CT molecular complexity index is 1070. The van der Waals surface area contributed by atoms with Gasteiger partial charge in [-0.25, -0.2) is 4.39 Å². The fourth-order valence-electron chi connectivity index (χ4n) is 3.64. The van der Waals surface area contributed by atoms with Crippen LogP contribution in [-0.4, -0.2) is 17.4 Å². The van der Waals surface area contributed by atoms with Crippen molar-refractivity contribution in [2.45, 2.75) is 25.6 Å². The van der Waals surface area contributed by atoms with Gasteiger partial charge < -0.3 is 9.84 Å². The van der Waals surface area contributed by atoms with E-state index in [1.165, 1.54) is 12.1 Å². The summed E-state index contributed by atoms with van der Waals surface area (Å²) in [5.74, 6) is 0.629. The average Bonchev–Trinajstić information content (AvgIpc) is 2.76. The molecule has 4 rings (SSSR count). The van der Waals surface area contributed by atoms with Gasteiger partial charge in [-0.05, 0) is 72.6 Å². The monoisotopic (exact) mass is 424 g/mol. The molecule has 2 N–H and O–H groups in total. The van der Waals surface area contributed by atoms with Crippen molar-refractivity contribution in [1.82, 2.24) is 5.32 Å². The summed E-state index contributed by atoms with van der Waals surface area (Å²) in [4.78, 5) is 4.85. The van der Waals surface area contributed by atoms with E-state index in [1.54, 1.807) is 24.3 Å². The van der Waals surface area contributed by atoms with E-state index in [2.05, 4.69) is 5.32 Å². The van der Waals surface area contributed by atoms with Crippen molar-refractivity contribution in [3.05, 3.63) is 94.3 Å². The molecule has 0 fully saturated rings. The zero-order valence-electron chi connectivity index (χ0n) is 16.5. The second-order valence-electron chi connectivity index (χ2n) is 7.12. The molecule has 4 nitrogen and oxygen atoms in total. The van der Waals surface area contributed by atoms with Crippen molar-refractivity contribution in [1.29, 1.82) is 0 Å². The van der Waals surface area contributed by atoms with E-state index >= 15 is 0 Å². The van der Waals surface area contributed by atoms with Crippen molar-refractivity contribution >= 4 is 17.3 Å². The van der Waals surface area contributed by atoms with Gasteiger partial charge in [0.25, 0.3) is 0 Å². The van der Waals surface area contributed by atoms with Gasteiger partial charge >= 0.3 is 0 Å². The smallest absolute Gasteiger partial charge is 0.126 e. The van der Waals surface area contributed by atoms with Gasteiger partial charge in [0.15, 0.2) is 0 Å². The standard InChI is InChI=1S/C24H22ClFN2O2/c1-2-30-19-9-6-15(7-10-19)21-14-22(20-13-17(25)8-11-23(20)29)28-24(27-21)16-4-3-5-18(26)12-16/h3-13,22,24,28-29H,2,14H2,1H3. The normalized spacial score (nSPS) is 18.7. The fraction of sp³-hybridized carbons (Fsp3) is 0.208. The molecule has 0 saturated heterocycles. The molecule has 0 radical (unpaired) electrons. The molecular formula is C24H22ClFN2O2. The Labute approximate surface area is 180 Å². The largest absolute Gasteiger partial charge is 0.508 e. The third-order valence-corrected chi connectivity index (χ3v) is 5.30. The predicted molar refractivity (Wildman–Crippen MR) is 117 cm³/mol. The first kappa shape index (κ1) is 20.4. The number of ether oxygens (including phenoxy) is 1. The molecule has 1 heterocycles. The third kappa shape index (κ3) is 4.48. The van der Waals surface area contributed by atoms with E-state index in [9.17, 15) is 9.50 Å². The van der Waals surface area contributed by atoms with Gasteiger partial charge in [0.1, 0.15) is 23.5 Å². The molecule has 0 bridgehead atoms. The van der Waals surface area contributed by atoms with Crippen LogP contribution in [0.2, 0.25) is 5.02 Å². The van der Waals surface area contributed by atoms with Crippen LogP contribution in [0, 0.1) is 5.82 Å². The van der Waals surface area contributed by atoms with Crippen LogP contribution in [0.4, 0.5) is 4.39 Å². The molecule has 3 aromatic rings. The number of rotatable bonds is 5. The van der Waals surface area contributed by atoms with Crippen LogP contribution in [0.3, 0.4) is 0 Å². The minimum atomic E-state index is -0.459. The molecule has 6 heteroatoms. The second-order valence-corrected chi connectivity index (χ2v) is 7.55. The Morgan fingerprint density at radius 2 is 1.93 bits per heavy atom. The van der Waals surface area contributed by atoms with E-state index in [4.69, 9.17) is 21.3 Å². The lowest BCUT2D eigenvalue weighted by Gasteiger charge is -2.31. The van der Waals surface area contributed by atoms with E-state index in [0.717, 1.165) is 17.0 Å². The number of phenolic OH excluding ortho intramolecular Hbond substituents is 1. The molecule has 1 aliphatic rings. The first-order chi connectivity index (χ1) is 14.5. The summed E-state index contributed by atoms with van der Waals surface area (Å²) in [7, 11) is 0. The number of phenols is 1. The summed E-state index contributed by atoms with van der Waals surface area (Å²) < 4.78 is 19.4. The van der Waals surface area contributed by atoms with Gasteiger partial charge in [-0.1, -0.05) is 23.7 Å². The first-order valence-corrected chi connectivity index (χ1v) is 10.2. The van der Waals surface area contributed by atoms with Gasteiger partial charge in [0.05, 0.1) is 6.61 Å². The Hall–Kier alpha value is -2.89. The zero-order chi connectivity index (χ0) is 21.1. The maximum atomic E-state index is 13.8. The highest BCUT2D eigenvalue weighted by Gasteiger charge is 2.28. The average molecular weight is 425 g/mol. The van der Waals surface area contributed by atoms with Crippen LogP contribution >= 0.6 is 11.6 Å². The van der Waals surface area contributed by atoms with Crippen molar-refractivity contribution in [2.24, 2.45) is 4.99 Å². The quantitative estimate of drug-likeness (QED) is 0.543. The highest BCUT2D eigenvalue weighted by molar-refractivity contribution is 6.30. The van der Waals surface area contributed by atoms with E-state index in [0.29, 0.717) is 29.2 Å². The Morgan fingerprint density at radius 1 is 1.13 bits per heavy atom. The molecule has 0 aromatic heterocycles. The first-order valence-electron chi connectivity index (χ1n) is 9.83. The minimum absolute atomic E-state index is 0.155. The molecule has 30 heavy (non-hydrogen) atoms. The van der Waals surface area contributed by atoms with Gasteiger partial charge in [0.2, 0.25) is 0 Å². The number of halogens is 2. The van der Waals surface area contributed by atoms with Crippen molar-refractivity contribution < 1.29 is 14.2 Å². The molecule has 154 valence electrons. The zero-order valence-corrected chi connectivity index (χ0v) is 17.2. The maximum absolute atomic E-state index is 13.8. The van der Waals surface area contributed by atoms with E-state index in [1.807, 2.05) is 37.3 Å². The van der Waals surface area contributed by atoms with Crippen molar-refractivity contribution in [2.75, 3.05) is 6.61 Å². The van der Waals surface area contributed by atoms with E-state index in [-0.39, 0.29) is 17.6 Å². The number of hydrogen-bond acceptors (Lipinski definition) is 4. The molecule has 0 amide bonds. The van der Waals surface area contributed by atoms with Crippen LogP contribution in [0.25, 0.3) is 0 Å². The molecular weight excluding hydrogens is 403 g/mol. The van der Waals surface area contributed by atoms with Crippen LogP contribution in [0.5, 0.6) is 11.5 Å². The Kier molecular flexibility index (Phi) is 6.02. The van der Waals surface area contributed by atoms with Crippen LogP contribution in [0.15, 0.2) is 71.7 Å². The highest BCUT2D eigenvalue weighted by atomic mass is 35.5. The van der Waals surface area contributed by atoms with Crippen LogP contribution < -0.4 is 10.1 Å². The number of hydrogen-bond donors (Lipinski definition) is 2. The number of nitrogens with one attached hydrogen (secondary N) is 1. The number of nitrogens with zero attached hydrogens (tertiary/aromatic N) is 1. The van der Waals surface area contributed by atoms with Crippen molar-refractivity contribution in [3.63, 3.8) is 0 Å². The molecule has 0 saturated carbocycles. The van der Waals surface area contributed by atoms with Crippen LogP contribution in [0.1, 0.15) is 42.2 Å². The predicted octanol–water partition coefficient (Wildman–Crippen LogP) is 5.81. The summed E-state index contributed by atoms with van der Waals surface area (Å²) in [6.07, 6.45) is 0.0904. The molecule has 0 aliphatic carbocycles. The number of benzene rings is 3. The molecule has 2 atom stereocenters. The van der Waals surface area contributed by atoms with E-state index < -0.39 is 6.17 Å². The maximum Gasteiger partial charge on any atom is 0.126 e. The minimum Gasteiger partial charge on any atom is -0.508 e. The molecule has 0 spiro atoms. The van der Waals surface area contributed by atoms with Gasteiger partial charge in [0, 0.05) is 28.8 Å². The summed E-state index contributed by atoms with van der Waals surface area (Å²) >= 11 is 6.18. The molecule has 3 aromatic carbocycles. The van der Waals surface area contributed by atoms with Crippen LogP contribution in [-0.2, 0) is 0 Å². The van der Waals surface area contributed by atoms with Gasteiger partial charge in [-0.15, -0.1) is 0 Å². The molecule has 2 unspecified atom stereocenters. The topological polar surface area (TPSA) is 53.8 Å². The summed E-state index contributed by atoms with van der Waals surface area (Å²) in [5.41, 5.74) is 3.20. The second kappa shape index (κ2) is 8.86. The summed E-state index contributed by atoms with van der Waals surface area (Å²) in [6.45, 7) is 2.54. The summed E-state index contributed by atoms with van der Waals surface area (Å²) in [5, 5.41) is 14.4. The summed E-state index contributed by atoms with van der Waals surface area (Å²) in [6, 6.07) is 18.9. The van der Waals surface area contributed by atoms with Crippen molar-refractivity contribution in [3.8, 4) is 11.5 Å². The third-order valence-electron chi connectivity index (χ3n) is 5.07.